The molecule has 0 spiro atoms. The number of carbonyl (C=O) groups excluding carboxylic acids is 1. The highest BCUT2D eigenvalue weighted by Crippen LogP contribution is 2.21. The van der Waals surface area contributed by atoms with Gasteiger partial charge in [0.2, 0.25) is 15.9 Å². The second-order valence-corrected chi connectivity index (χ2v) is 10.2. The molecule has 1 fully saturated rings. The predicted molar refractivity (Wildman–Crippen MR) is 119 cm³/mol. The standard InChI is InChI=1S/C20H24N2O4S3/c1-27-18-7-5-16(6-8-18)14-28-15-20(23)21-17-3-2-4-19(13-17)29(24,25)22-9-11-26-12-10-22/h2-8,13H,9-12,14-15H2,1H3,(H,21,23). The molecule has 1 amide bonds. The second-order valence-electron chi connectivity index (χ2n) is 6.43. The number of sulfonamides is 1. The quantitative estimate of drug-likeness (QED) is 0.620. The zero-order chi connectivity index (χ0) is 20.7. The lowest BCUT2D eigenvalue weighted by Crippen LogP contribution is -2.40. The van der Waals surface area contributed by atoms with Gasteiger partial charge in [0.05, 0.1) is 23.9 Å². The number of carbonyl (C=O) groups is 1. The third-order valence-corrected chi connectivity index (χ3v) is 8.03. The van der Waals surface area contributed by atoms with Gasteiger partial charge < -0.3 is 10.1 Å². The van der Waals surface area contributed by atoms with Crippen LogP contribution in [-0.4, -0.2) is 56.9 Å². The molecule has 0 unspecified atom stereocenters. The van der Waals surface area contributed by atoms with E-state index >= 15 is 0 Å². The summed E-state index contributed by atoms with van der Waals surface area (Å²) in [6.45, 7) is 1.47. The molecule has 6 nitrogen and oxygen atoms in total. The molecule has 0 aromatic heterocycles. The first kappa shape index (κ1) is 22.2. The van der Waals surface area contributed by atoms with Gasteiger partial charge >= 0.3 is 0 Å². The van der Waals surface area contributed by atoms with Crippen LogP contribution in [0.25, 0.3) is 0 Å². The van der Waals surface area contributed by atoms with E-state index < -0.39 is 10.0 Å². The van der Waals surface area contributed by atoms with E-state index in [2.05, 4.69) is 29.6 Å². The minimum absolute atomic E-state index is 0.156. The lowest BCUT2D eigenvalue weighted by Gasteiger charge is -2.26. The van der Waals surface area contributed by atoms with Gasteiger partial charge in [-0.25, -0.2) is 8.42 Å². The van der Waals surface area contributed by atoms with Crippen molar-refractivity contribution in [2.75, 3.05) is 43.6 Å². The highest BCUT2D eigenvalue weighted by molar-refractivity contribution is 7.99. The first-order valence-corrected chi connectivity index (χ1v) is 13.0. The summed E-state index contributed by atoms with van der Waals surface area (Å²) in [4.78, 5) is 13.6. The summed E-state index contributed by atoms with van der Waals surface area (Å²) in [6, 6.07) is 14.7. The first-order valence-electron chi connectivity index (χ1n) is 9.17. The smallest absolute Gasteiger partial charge is 0.243 e. The highest BCUT2D eigenvalue weighted by atomic mass is 32.2. The molecule has 29 heavy (non-hydrogen) atoms. The summed E-state index contributed by atoms with van der Waals surface area (Å²) in [6.07, 6.45) is 2.04. The Hall–Kier alpha value is -1.52. The number of nitrogens with one attached hydrogen (secondary N) is 1. The number of anilines is 1. The number of ether oxygens (including phenoxy) is 1. The fourth-order valence-corrected chi connectivity index (χ4v) is 5.50. The average molecular weight is 453 g/mol. The Morgan fingerprint density at radius 2 is 1.86 bits per heavy atom. The van der Waals surface area contributed by atoms with Crippen molar-refractivity contribution in [3.05, 3.63) is 54.1 Å². The average Bonchev–Trinajstić information content (AvgIpc) is 2.75. The van der Waals surface area contributed by atoms with Crippen molar-refractivity contribution < 1.29 is 17.9 Å². The zero-order valence-corrected chi connectivity index (χ0v) is 18.6. The van der Waals surface area contributed by atoms with Gasteiger partial charge in [-0.15, -0.1) is 23.5 Å². The van der Waals surface area contributed by atoms with E-state index in [1.165, 1.54) is 32.6 Å². The molecule has 2 aromatic rings. The fourth-order valence-electron chi connectivity index (χ4n) is 2.85. The van der Waals surface area contributed by atoms with Crippen molar-refractivity contribution >= 4 is 45.1 Å². The van der Waals surface area contributed by atoms with E-state index in [9.17, 15) is 13.2 Å². The Balaban J connectivity index is 1.54. The highest BCUT2D eigenvalue weighted by Gasteiger charge is 2.26. The Kier molecular flexibility index (Phi) is 8.02. The molecule has 1 aliphatic heterocycles. The van der Waals surface area contributed by atoms with Crippen LogP contribution in [-0.2, 0) is 25.3 Å². The van der Waals surface area contributed by atoms with E-state index in [1.54, 1.807) is 30.0 Å². The van der Waals surface area contributed by atoms with Gasteiger partial charge in [-0.3, -0.25) is 4.79 Å². The maximum absolute atomic E-state index is 12.8. The minimum Gasteiger partial charge on any atom is -0.379 e. The molecule has 156 valence electrons. The number of rotatable bonds is 8. The molecule has 1 N–H and O–H groups in total. The van der Waals surface area contributed by atoms with E-state index in [-0.39, 0.29) is 10.8 Å². The monoisotopic (exact) mass is 452 g/mol. The van der Waals surface area contributed by atoms with Crippen LogP contribution in [0, 0.1) is 0 Å². The van der Waals surface area contributed by atoms with Crippen LogP contribution >= 0.6 is 23.5 Å². The first-order chi connectivity index (χ1) is 14.0. The molecule has 0 radical (unpaired) electrons. The SMILES string of the molecule is CSc1ccc(CSCC(=O)Nc2cccc(S(=O)(=O)N3CCOCC3)c2)cc1. The third-order valence-electron chi connectivity index (χ3n) is 4.39. The second kappa shape index (κ2) is 10.5. The Labute approximate surface area is 180 Å². The number of hydrogen-bond acceptors (Lipinski definition) is 6. The van der Waals surface area contributed by atoms with Crippen molar-refractivity contribution in [3.8, 4) is 0 Å². The van der Waals surface area contributed by atoms with Crippen molar-refractivity contribution in [2.45, 2.75) is 15.5 Å². The van der Waals surface area contributed by atoms with Crippen LogP contribution in [0.15, 0.2) is 58.3 Å². The summed E-state index contributed by atoms with van der Waals surface area (Å²) in [5.41, 5.74) is 1.65. The summed E-state index contributed by atoms with van der Waals surface area (Å²) in [5, 5.41) is 2.79. The molecule has 0 aliphatic carbocycles. The largest absolute Gasteiger partial charge is 0.379 e. The van der Waals surface area contributed by atoms with Crippen molar-refractivity contribution in [2.24, 2.45) is 0 Å². The van der Waals surface area contributed by atoms with Gasteiger partial charge in [0.15, 0.2) is 0 Å². The molecular formula is C20H24N2O4S3. The van der Waals surface area contributed by atoms with Gasteiger partial charge in [-0.05, 0) is 42.2 Å². The number of nitrogens with zero attached hydrogens (tertiary/aromatic N) is 1. The molecule has 0 atom stereocenters. The normalized spacial score (nSPS) is 15.2. The number of benzene rings is 2. The van der Waals surface area contributed by atoms with Gasteiger partial charge in [0.1, 0.15) is 0 Å². The van der Waals surface area contributed by atoms with Gasteiger partial charge in [-0.2, -0.15) is 4.31 Å². The Morgan fingerprint density at radius 3 is 2.55 bits per heavy atom. The summed E-state index contributed by atoms with van der Waals surface area (Å²) >= 11 is 3.22. The van der Waals surface area contributed by atoms with Crippen LogP contribution in [0.1, 0.15) is 5.56 Å². The minimum atomic E-state index is -3.58. The van der Waals surface area contributed by atoms with Crippen molar-refractivity contribution in [3.63, 3.8) is 0 Å². The van der Waals surface area contributed by atoms with Crippen LogP contribution in [0.5, 0.6) is 0 Å². The van der Waals surface area contributed by atoms with Crippen molar-refractivity contribution in [1.82, 2.24) is 4.31 Å². The van der Waals surface area contributed by atoms with Gasteiger partial charge in [-0.1, -0.05) is 18.2 Å². The Morgan fingerprint density at radius 1 is 1.14 bits per heavy atom. The number of hydrogen-bond donors (Lipinski definition) is 1. The molecule has 1 heterocycles. The predicted octanol–water partition coefficient (Wildman–Crippen LogP) is 3.30. The number of thioether (sulfide) groups is 2. The lowest BCUT2D eigenvalue weighted by molar-refractivity contribution is -0.113. The number of morpholine rings is 1. The molecular weight excluding hydrogens is 428 g/mol. The Bertz CT molecular complexity index is 927. The van der Waals surface area contributed by atoms with Crippen LogP contribution < -0.4 is 5.32 Å². The number of amides is 1. The summed E-state index contributed by atoms with van der Waals surface area (Å²) < 4.78 is 32.1. The van der Waals surface area contributed by atoms with E-state index in [0.29, 0.717) is 37.7 Å². The summed E-state index contributed by atoms with van der Waals surface area (Å²) in [5.74, 6) is 0.884. The molecule has 0 bridgehead atoms. The summed E-state index contributed by atoms with van der Waals surface area (Å²) in [7, 11) is -3.58. The van der Waals surface area contributed by atoms with Crippen molar-refractivity contribution in [1.29, 1.82) is 0 Å². The lowest BCUT2D eigenvalue weighted by atomic mass is 10.2. The van der Waals surface area contributed by atoms with Crippen LogP contribution in [0.3, 0.4) is 0 Å². The van der Waals surface area contributed by atoms with E-state index in [4.69, 9.17) is 4.74 Å². The maximum atomic E-state index is 12.8. The van der Waals surface area contributed by atoms with E-state index in [1.807, 2.05) is 6.26 Å². The van der Waals surface area contributed by atoms with Gasteiger partial charge in [0, 0.05) is 29.4 Å². The molecule has 1 aliphatic rings. The van der Waals surface area contributed by atoms with Gasteiger partial charge in [0.25, 0.3) is 0 Å². The third kappa shape index (κ3) is 6.23. The zero-order valence-electron chi connectivity index (χ0n) is 16.2. The molecule has 9 heteroatoms. The van der Waals surface area contributed by atoms with E-state index in [0.717, 1.165) is 5.75 Å². The molecule has 2 aromatic carbocycles. The maximum Gasteiger partial charge on any atom is 0.243 e. The topological polar surface area (TPSA) is 75.7 Å². The molecule has 3 rings (SSSR count). The molecule has 0 saturated carbocycles. The van der Waals surface area contributed by atoms with Crippen LogP contribution in [0.4, 0.5) is 5.69 Å². The molecule has 1 saturated heterocycles. The van der Waals surface area contributed by atoms with Crippen LogP contribution in [0.2, 0.25) is 0 Å². The fraction of sp³-hybridized carbons (Fsp3) is 0.350.